The third kappa shape index (κ3) is 7.71. The number of esters is 1. The Labute approximate surface area is 274 Å². The second kappa shape index (κ2) is 14.0. The molecule has 0 heterocycles. The second-order valence-corrected chi connectivity index (χ2v) is 15.1. The van der Waals surface area contributed by atoms with Crippen LogP contribution < -0.4 is 9.47 Å². The number of hydrogen-bond acceptors (Lipinski definition) is 3. The fourth-order valence-electron chi connectivity index (χ4n) is 4.86. The molecule has 0 saturated heterocycles. The van der Waals surface area contributed by atoms with Crippen LogP contribution in [0.4, 0.5) is 0 Å². The monoisotopic (exact) mass is 873 g/mol. The Balaban J connectivity index is 1.29. The largest absolute Gasteiger partial charge is 0.482 e. The van der Waals surface area contributed by atoms with Gasteiger partial charge in [0.05, 0.1) is 18.0 Å². The van der Waals surface area contributed by atoms with E-state index in [1.54, 1.807) is 0 Å². The molecule has 0 spiro atoms. The van der Waals surface area contributed by atoms with E-state index in [2.05, 4.69) is 135 Å². The highest BCUT2D eigenvalue weighted by Gasteiger charge is 2.29. The van der Waals surface area contributed by atoms with Crippen molar-refractivity contribution in [1.82, 2.24) is 0 Å². The molecule has 5 rings (SSSR count). The van der Waals surface area contributed by atoms with Gasteiger partial charge in [-0.25, -0.2) is 4.79 Å². The summed E-state index contributed by atoms with van der Waals surface area (Å²) in [5.74, 6) is 1.51. The average Bonchev–Trinajstić information content (AvgIpc) is 2.96. The van der Waals surface area contributed by atoms with Crippen molar-refractivity contribution in [3.63, 3.8) is 0 Å². The number of benzene rings is 4. The Morgan fingerprint density at radius 3 is 1.92 bits per heavy atom. The summed E-state index contributed by atoms with van der Waals surface area (Å²) < 4.78 is 14.3. The molecule has 0 amide bonds. The van der Waals surface area contributed by atoms with Gasteiger partial charge in [0.1, 0.15) is 5.75 Å². The van der Waals surface area contributed by atoms with Crippen LogP contribution in [0.2, 0.25) is 0 Å². The van der Waals surface area contributed by atoms with Crippen molar-refractivity contribution in [1.29, 1.82) is 0 Å². The lowest BCUT2D eigenvalue weighted by molar-refractivity contribution is -0.136. The number of rotatable bonds is 8. The van der Waals surface area contributed by atoms with Crippen LogP contribution in [0.5, 0.6) is 11.5 Å². The van der Waals surface area contributed by atoms with Crippen molar-refractivity contribution in [3.05, 3.63) is 107 Å². The van der Waals surface area contributed by atoms with Gasteiger partial charge in [0.15, 0.2) is 27.0 Å². The van der Waals surface area contributed by atoms with Crippen LogP contribution in [0.3, 0.4) is 0 Å². The van der Waals surface area contributed by atoms with Crippen molar-refractivity contribution < 1.29 is 14.3 Å². The summed E-state index contributed by atoms with van der Waals surface area (Å²) in [6.07, 6.45) is 6.68. The lowest BCUT2D eigenvalue weighted by Crippen LogP contribution is -2.18. The van der Waals surface area contributed by atoms with Crippen molar-refractivity contribution >= 4 is 84.6 Å². The summed E-state index contributed by atoms with van der Waals surface area (Å²) in [4.78, 5) is 16.3. The first-order chi connectivity index (χ1) is 19.0. The van der Waals surface area contributed by atoms with Crippen molar-refractivity contribution in [3.8, 4) is 11.5 Å². The average molecular weight is 873 g/mol. The van der Waals surface area contributed by atoms with E-state index in [0.717, 1.165) is 10.7 Å². The van der Waals surface area contributed by atoms with Gasteiger partial charge in [0.25, 0.3) is 0 Å². The predicted octanol–water partition coefficient (Wildman–Crippen LogP) is 9.63. The first-order valence-corrected chi connectivity index (χ1v) is 17.4. The molecule has 7 heteroatoms. The molecule has 4 aromatic rings. The van der Waals surface area contributed by atoms with Gasteiger partial charge in [0, 0.05) is 3.57 Å². The van der Waals surface area contributed by atoms with Gasteiger partial charge in [0.2, 0.25) is 0 Å². The number of carbonyl (C=O) groups is 1. The lowest BCUT2D eigenvalue weighted by Gasteiger charge is -2.22. The third-order valence-electron chi connectivity index (χ3n) is 6.77. The molecule has 1 aliphatic rings. The molecule has 1 saturated carbocycles. The Morgan fingerprint density at radius 2 is 1.31 bits per heavy atom. The minimum Gasteiger partial charge on any atom is -0.482 e. The first-order valence-electron chi connectivity index (χ1n) is 13.0. The predicted molar refractivity (Wildman–Crippen MR) is 183 cm³/mol. The summed E-state index contributed by atoms with van der Waals surface area (Å²) in [5.41, 5.74) is 1.47. The topological polar surface area (TPSA) is 35.5 Å². The molecule has 0 N–H and O–H groups in total. The minimum atomic E-state index is -0.418. The first kappa shape index (κ1) is 29.2. The van der Waals surface area contributed by atoms with Crippen LogP contribution in [0.15, 0.2) is 106 Å². The molecule has 4 aromatic carbocycles. The van der Waals surface area contributed by atoms with Gasteiger partial charge in [-0.05, 0) is 153 Å². The zero-order chi connectivity index (χ0) is 27.2. The zero-order valence-electron chi connectivity index (χ0n) is 21.2. The quantitative estimate of drug-likeness (QED) is 0.0767. The fourth-order valence-corrected chi connectivity index (χ4v) is 10.7. The molecule has 1 fully saturated rings. The van der Waals surface area contributed by atoms with Crippen molar-refractivity contribution in [2.45, 2.75) is 52.7 Å². The molecule has 0 bridgehead atoms. The number of ether oxygens (including phenoxy) is 2. The maximum atomic E-state index is 12.5. The van der Waals surface area contributed by atoms with Gasteiger partial charge >= 0.3 is 5.97 Å². The number of hydrogen-bond donors (Lipinski definition) is 0. The minimum absolute atomic E-state index is 0.148. The van der Waals surface area contributed by atoms with E-state index in [9.17, 15) is 4.79 Å². The summed E-state index contributed by atoms with van der Waals surface area (Å²) in [6, 6.07) is 32.0. The highest BCUT2D eigenvalue weighted by molar-refractivity contribution is 14.1. The lowest BCUT2D eigenvalue weighted by atomic mass is 9.84. The number of carbonyl (C=O) groups excluding carboxylic acids is 1. The Kier molecular flexibility index (Phi) is 10.5. The van der Waals surface area contributed by atoms with Crippen LogP contribution in [-0.4, -0.2) is 12.6 Å². The molecule has 0 radical (unpaired) electrons. The molecule has 1 atom stereocenters. The van der Waals surface area contributed by atoms with Gasteiger partial charge in [-0.3, -0.25) is 0 Å². The summed E-state index contributed by atoms with van der Waals surface area (Å²) in [5, 5.41) is 0. The fraction of sp³-hybridized carbons (Fsp3) is 0.219. The van der Waals surface area contributed by atoms with E-state index in [1.165, 1.54) is 52.4 Å². The zero-order valence-corrected chi connectivity index (χ0v) is 28.5. The van der Waals surface area contributed by atoms with E-state index in [0.29, 0.717) is 17.4 Å². The summed E-state index contributed by atoms with van der Waals surface area (Å²) >= 11 is 6.64. The molecule has 0 aromatic heterocycles. The normalized spacial score (nSPS) is 14.5. The number of halogens is 3. The standard InChI is InChI=1S/C32H28I3O3S/c33-24-19-29(34)32(30(35)20-24)38-31(36)21-37-25-13-17-28(18-14-25)39(26-9-5-2-6-10-26)27-15-11-23(12-16-27)22-7-3-1-4-8-22/h2,5-6,9-20,22H,1,3-4,7-8,21H2/q+1. The molecule has 200 valence electrons. The van der Waals surface area contributed by atoms with Gasteiger partial charge in [-0.15, -0.1) is 0 Å². The molecule has 3 nitrogen and oxygen atoms in total. The van der Waals surface area contributed by atoms with Crippen LogP contribution in [0.1, 0.15) is 43.6 Å². The molecule has 1 unspecified atom stereocenters. The SMILES string of the molecule is O=C(COc1ccc([S+](c2ccccc2)c2ccc(C3CCCCC3)cc2)cc1)Oc1c(I)cc(I)cc1I. The molecular weight excluding hydrogens is 845 g/mol. The molecule has 0 aliphatic heterocycles. The second-order valence-electron chi connectivity index (χ2n) is 9.46. The smallest absolute Gasteiger partial charge is 0.349 e. The summed E-state index contributed by atoms with van der Waals surface area (Å²) in [7, 11) is -0.232. The van der Waals surface area contributed by atoms with E-state index in [1.807, 2.05) is 24.3 Å². The van der Waals surface area contributed by atoms with Crippen molar-refractivity contribution in [2.24, 2.45) is 0 Å². The van der Waals surface area contributed by atoms with Crippen LogP contribution in [-0.2, 0) is 15.7 Å². The highest BCUT2D eigenvalue weighted by Crippen LogP contribution is 2.36. The van der Waals surface area contributed by atoms with Gasteiger partial charge in [-0.2, -0.15) is 0 Å². The van der Waals surface area contributed by atoms with Crippen molar-refractivity contribution in [2.75, 3.05) is 6.61 Å². The van der Waals surface area contributed by atoms with E-state index in [-0.39, 0.29) is 17.5 Å². The Hall–Kier alpha value is -1.31. The highest BCUT2D eigenvalue weighted by atomic mass is 127. The molecular formula is C32H28I3O3S+. The molecule has 39 heavy (non-hydrogen) atoms. The maximum Gasteiger partial charge on any atom is 0.349 e. The van der Waals surface area contributed by atoms with Crippen LogP contribution in [0, 0.1) is 10.7 Å². The van der Waals surface area contributed by atoms with Gasteiger partial charge < -0.3 is 9.47 Å². The van der Waals surface area contributed by atoms with Crippen LogP contribution >= 0.6 is 67.8 Å². The summed E-state index contributed by atoms with van der Waals surface area (Å²) in [6.45, 7) is -0.148. The van der Waals surface area contributed by atoms with Gasteiger partial charge in [-0.1, -0.05) is 49.6 Å². The van der Waals surface area contributed by atoms with E-state index in [4.69, 9.17) is 9.47 Å². The van der Waals surface area contributed by atoms with Crippen LogP contribution in [0.25, 0.3) is 0 Å². The molecule has 1 aliphatic carbocycles. The third-order valence-corrected chi connectivity index (χ3v) is 11.2. The Bertz CT molecular complexity index is 1380. The van der Waals surface area contributed by atoms with E-state index < -0.39 is 5.97 Å². The maximum absolute atomic E-state index is 12.5. The Morgan fingerprint density at radius 1 is 0.744 bits per heavy atom. The van der Waals surface area contributed by atoms with E-state index >= 15 is 0 Å².